The van der Waals surface area contributed by atoms with E-state index < -0.39 is 15.9 Å². The number of ether oxygens (including phenoxy) is 1. The fourth-order valence-corrected chi connectivity index (χ4v) is 4.60. The van der Waals surface area contributed by atoms with Crippen molar-refractivity contribution in [3.8, 4) is 5.75 Å². The van der Waals surface area contributed by atoms with Gasteiger partial charge in [-0.15, -0.1) is 0 Å². The van der Waals surface area contributed by atoms with Gasteiger partial charge < -0.3 is 10.1 Å². The van der Waals surface area contributed by atoms with E-state index in [1.165, 1.54) is 12.1 Å². The molecule has 1 amide bonds. The van der Waals surface area contributed by atoms with E-state index in [0.717, 1.165) is 9.87 Å². The van der Waals surface area contributed by atoms with Crippen LogP contribution < -0.4 is 14.4 Å². The monoisotopic (exact) mass is 458 g/mol. The number of nitrogens with one attached hydrogen (secondary N) is 1. The highest BCUT2D eigenvalue weighted by Crippen LogP contribution is 2.25. The fraction of sp³-hybridized carbons (Fsp3) is 0.174. The van der Waals surface area contributed by atoms with E-state index in [9.17, 15) is 13.2 Å². The van der Waals surface area contributed by atoms with E-state index in [1.54, 1.807) is 61.7 Å². The molecule has 0 aliphatic heterocycles. The Morgan fingerprint density at radius 2 is 1.61 bits per heavy atom. The van der Waals surface area contributed by atoms with Crippen LogP contribution >= 0.6 is 11.6 Å². The summed E-state index contributed by atoms with van der Waals surface area (Å²) in [6.07, 6.45) is 0. The maximum absolute atomic E-state index is 13.3. The lowest BCUT2D eigenvalue weighted by Crippen LogP contribution is -2.41. The number of methoxy groups -OCH3 is 1. The SMILES string of the molecule is COc1ccc([C@@H](C)NC(=O)CN(c2ccc(Cl)cc2)S(=O)(=O)c2ccccc2)cc1. The molecule has 0 spiro atoms. The molecule has 8 heteroatoms. The molecule has 3 aromatic carbocycles. The van der Waals surface area contributed by atoms with Gasteiger partial charge in [-0.3, -0.25) is 9.10 Å². The lowest BCUT2D eigenvalue weighted by molar-refractivity contribution is -0.120. The third-order valence-corrected chi connectivity index (χ3v) is 6.77. The summed E-state index contributed by atoms with van der Waals surface area (Å²) in [5, 5.41) is 3.33. The first-order valence-corrected chi connectivity index (χ1v) is 11.4. The van der Waals surface area contributed by atoms with Gasteiger partial charge in [-0.1, -0.05) is 41.9 Å². The molecule has 0 aliphatic rings. The van der Waals surface area contributed by atoms with Crippen molar-refractivity contribution in [2.45, 2.75) is 17.9 Å². The predicted molar refractivity (Wildman–Crippen MR) is 122 cm³/mol. The van der Waals surface area contributed by atoms with Gasteiger partial charge >= 0.3 is 0 Å². The maximum atomic E-state index is 13.3. The summed E-state index contributed by atoms with van der Waals surface area (Å²) in [4.78, 5) is 12.9. The minimum Gasteiger partial charge on any atom is -0.497 e. The van der Waals surface area contributed by atoms with Crippen molar-refractivity contribution in [3.63, 3.8) is 0 Å². The van der Waals surface area contributed by atoms with Gasteiger partial charge in [0.2, 0.25) is 5.91 Å². The van der Waals surface area contributed by atoms with Gasteiger partial charge in [0.15, 0.2) is 0 Å². The van der Waals surface area contributed by atoms with Crippen molar-refractivity contribution in [3.05, 3.63) is 89.4 Å². The molecule has 0 saturated heterocycles. The highest BCUT2D eigenvalue weighted by Gasteiger charge is 2.27. The molecule has 0 aliphatic carbocycles. The molecule has 0 radical (unpaired) electrons. The first-order valence-electron chi connectivity index (χ1n) is 9.58. The van der Waals surface area contributed by atoms with Gasteiger partial charge in [-0.25, -0.2) is 8.42 Å². The molecule has 3 rings (SSSR count). The number of carbonyl (C=O) groups excluding carboxylic acids is 1. The average Bonchev–Trinajstić information content (AvgIpc) is 2.78. The molecule has 31 heavy (non-hydrogen) atoms. The lowest BCUT2D eigenvalue weighted by atomic mass is 10.1. The lowest BCUT2D eigenvalue weighted by Gasteiger charge is -2.25. The van der Waals surface area contributed by atoms with Gasteiger partial charge in [0, 0.05) is 5.02 Å². The Morgan fingerprint density at radius 1 is 1.00 bits per heavy atom. The van der Waals surface area contributed by atoms with E-state index in [1.807, 2.05) is 19.1 Å². The molecule has 0 fully saturated rings. The summed E-state index contributed by atoms with van der Waals surface area (Å²) in [5.41, 5.74) is 1.22. The second-order valence-electron chi connectivity index (χ2n) is 6.86. The molecule has 0 bridgehead atoms. The number of carbonyl (C=O) groups is 1. The van der Waals surface area contributed by atoms with Crippen molar-refractivity contribution in [1.82, 2.24) is 5.32 Å². The van der Waals surface area contributed by atoms with Crippen molar-refractivity contribution in [2.75, 3.05) is 18.0 Å². The maximum Gasteiger partial charge on any atom is 0.264 e. The zero-order valence-corrected chi connectivity index (χ0v) is 18.7. The van der Waals surface area contributed by atoms with Crippen molar-refractivity contribution >= 4 is 33.2 Å². The molecular formula is C23H23ClN2O4S. The Morgan fingerprint density at radius 3 is 2.19 bits per heavy atom. The molecule has 162 valence electrons. The minimum atomic E-state index is -3.96. The van der Waals surface area contributed by atoms with E-state index in [4.69, 9.17) is 16.3 Å². The summed E-state index contributed by atoms with van der Waals surface area (Å²) in [6, 6.07) is 21.3. The second-order valence-corrected chi connectivity index (χ2v) is 9.16. The highest BCUT2D eigenvalue weighted by molar-refractivity contribution is 7.92. The van der Waals surface area contributed by atoms with Crippen LogP contribution in [0.2, 0.25) is 5.02 Å². The molecule has 1 atom stereocenters. The standard InChI is InChI=1S/C23H23ClN2O4S/c1-17(18-8-14-21(30-2)15-9-18)25-23(27)16-26(20-12-10-19(24)11-13-20)31(28,29)22-6-4-3-5-7-22/h3-15,17H,16H2,1-2H3,(H,25,27)/t17-/m1/s1. The quantitative estimate of drug-likeness (QED) is 0.542. The van der Waals surface area contributed by atoms with Crippen LogP contribution in [-0.2, 0) is 14.8 Å². The van der Waals surface area contributed by atoms with Crippen LogP contribution in [0.3, 0.4) is 0 Å². The van der Waals surface area contributed by atoms with E-state index in [2.05, 4.69) is 5.32 Å². The Balaban J connectivity index is 1.84. The molecule has 0 aromatic heterocycles. The Bertz CT molecular complexity index is 1120. The third kappa shape index (κ3) is 5.57. The number of sulfonamides is 1. The molecule has 0 saturated carbocycles. The van der Waals surface area contributed by atoms with Crippen molar-refractivity contribution in [1.29, 1.82) is 0 Å². The van der Waals surface area contributed by atoms with E-state index in [0.29, 0.717) is 16.5 Å². The van der Waals surface area contributed by atoms with Crippen molar-refractivity contribution in [2.24, 2.45) is 0 Å². The smallest absolute Gasteiger partial charge is 0.264 e. The van der Waals surface area contributed by atoms with Crippen LogP contribution in [0.1, 0.15) is 18.5 Å². The van der Waals surface area contributed by atoms with Gasteiger partial charge in [0.05, 0.1) is 23.7 Å². The van der Waals surface area contributed by atoms with Crippen LogP contribution in [0, 0.1) is 0 Å². The van der Waals surface area contributed by atoms with E-state index >= 15 is 0 Å². The first kappa shape index (κ1) is 22.7. The van der Waals surface area contributed by atoms with Crippen LogP contribution in [0.5, 0.6) is 5.75 Å². The zero-order valence-electron chi connectivity index (χ0n) is 17.2. The summed E-state index contributed by atoms with van der Waals surface area (Å²) >= 11 is 5.96. The Kier molecular flexibility index (Phi) is 7.20. The molecular weight excluding hydrogens is 436 g/mol. The molecule has 6 nitrogen and oxygen atoms in total. The van der Waals surface area contributed by atoms with E-state index in [-0.39, 0.29) is 17.5 Å². The van der Waals surface area contributed by atoms with Crippen LogP contribution in [-0.4, -0.2) is 28.0 Å². The van der Waals surface area contributed by atoms with Gasteiger partial charge in [0.1, 0.15) is 12.3 Å². The fourth-order valence-electron chi connectivity index (χ4n) is 3.04. The molecule has 0 unspecified atom stereocenters. The number of benzene rings is 3. The Labute approximate surface area is 187 Å². The molecule has 3 aromatic rings. The Hall–Kier alpha value is -3.03. The van der Waals surface area contributed by atoms with Gasteiger partial charge in [-0.2, -0.15) is 0 Å². The summed E-state index contributed by atoms with van der Waals surface area (Å²) < 4.78 is 32.8. The van der Waals surface area contributed by atoms with Crippen LogP contribution in [0.25, 0.3) is 0 Å². The molecule has 0 heterocycles. The number of hydrogen-bond donors (Lipinski definition) is 1. The zero-order chi connectivity index (χ0) is 22.4. The predicted octanol–water partition coefficient (Wildman–Crippen LogP) is 4.42. The summed E-state index contributed by atoms with van der Waals surface area (Å²) in [5.74, 6) is 0.280. The third-order valence-electron chi connectivity index (χ3n) is 4.73. The normalized spacial score (nSPS) is 12.1. The second kappa shape index (κ2) is 9.85. The highest BCUT2D eigenvalue weighted by atomic mass is 35.5. The number of rotatable bonds is 8. The van der Waals surface area contributed by atoms with Gasteiger partial charge in [-0.05, 0) is 61.0 Å². The number of amides is 1. The average molecular weight is 459 g/mol. The van der Waals surface area contributed by atoms with Crippen LogP contribution in [0.15, 0.2) is 83.8 Å². The van der Waals surface area contributed by atoms with Crippen LogP contribution in [0.4, 0.5) is 5.69 Å². The van der Waals surface area contributed by atoms with Crippen molar-refractivity contribution < 1.29 is 17.9 Å². The largest absolute Gasteiger partial charge is 0.497 e. The number of anilines is 1. The number of hydrogen-bond acceptors (Lipinski definition) is 4. The molecule has 1 N–H and O–H groups in total. The number of nitrogens with zero attached hydrogens (tertiary/aromatic N) is 1. The minimum absolute atomic E-state index is 0.0981. The van der Waals surface area contributed by atoms with Gasteiger partial charge in [0.25, 0.3) is 10.0 Å². The first-order chi connectivity index (χ1) is 14.8. The summed E-state index contributed by atoms with van der Waals surface area (Å²) in [7, 11) is -2.38. The topological polar surface area (TPSA) is 75.7 Å². The number of halogens is 1. The summed E-state index contributed by atoms with van der Waals surface area (Å²) in [6.45, 7) is 1.46.